The van der Waals surface area contributed by atoms with E-state index in [-0.39, 0.29) is 11.8 Å². The SMILES string of the molecule is C#CCCC(=O)C(N)CC. The van der Waals surface area contributed by atoms with Crippen molar-refractivity contribution in [2.45, 2.75) is 32.2 Å². The molecule has 0 aliphatic carbocycles. The van der Waals surface area contributed by atoms with Crippen molar-refractivity contribution in [1.29, 1.82) is 0 Å². The number of carbonyl (C=O) groups excluding carboxylic acids is 1. The van der Waals surface area contributed by atoms with E-state index in [9.17, 15) is 4.79 Å². The second-order valence-electron chi connectivity index (χ2n) is 2.19. The van der Waals surface area contributed by atoms with Gasteiger partial charge >= 0.3 is 0 Å². The zero-order valence-electron chi connectivity index (χ0n) is 6.26. The van der Waals surface area contributed by atoms with Crippen LogP contribution in [-0.2, 0) is 4.79 Å². The van der Waals surface area contributed by atoms with E-state index < -0.39 is 0 Å². The van der Waals surface area contributed by atoms with Crippen LogP contribution in [0.5, 0.6) is 0 Å². The van der Waals surface area contributed by atoms with E-state index in [1.807, 2.05) is 6.92 Å². The van der Waals surface area contributed by atoms with Crippen molar-refractivity contribution in [1.82, 2.24) is 0 Å². The van der Waals surface area contributed by atoms with Gasteiger partial charge in [0.15, 0.2) is 0 Å². The van der Waals surface area contributed by atoms with Gasteiger partial charge in [-0.25, -0.2) is 0 Å². The van der Waals surface area contributed by atoms with E-state index in [2.05, 4.69) is 5.92 Å². The Morgan fingerprint density at radius 3 is 2.80 bits per heavy atom. The maximum atomic E-state index is 10.9. The number of Topliss-reactive ketones (excluding diaryl/α,β-unsaturated/α-hetero) is 1. The normalized spacial score (nSPS) is 12.1. The lowest BCUT2D eigenvalue weighted by atomic mass is 10.1. The summed E-state index contributed by atoms with van der Waals surface area (Å²) in [5, 5.41) is 0. The lowest BCUT2D eigenvalue weighted by molar-refractivity contribution is -0.120. The van der Waals surface area contributed by atoms with Crippen molar-refractivity contribution in [3.8, 4) is 12.3 Å². The Balaban J connectivity index is 3.54. The number of terminal acetylenes is 1. The summed E-state index contributed by atoms with van der Waals surface area (Å²) in [6, 6.07) is -0.312. The van der Waals surface area contributed by atoms with Gasteiger partial charge in [0, 0.05) is 12.8 Å². The zero-order chi connectivity index (χ0) is 7.98. The molecule has 0 spiro atoms. The van der Waals surface area contributed by atoms with Crippen LogP contribution in [0.15, 0.2) is 0 Å². The third kappa shape index (κ3) is 3.26. The fourth-order valence-corrected chi connectivity index (χ4v) is 0.608. The summed E-state index contributed by atoms with van der Waals surface area (Å²) < 4.78 is 0. The molecule has 56 valence electrons. The highest BCUT2D eigenvalue weighted by Crippen LogP contribution is 1.95. The fourth-order valence-electron chi connectivity index (χ4n) is 0.608. The highest BCUT2D eigenvalue weighted by molar-refractivity contribution is 5.83. The van der Waals surface area contributed by atoms with Crippen molar-refractivity contribution >= 4 is 5.78 Å². The number of hydrogen-bond acceptors (Lipinski definition) is 2. The van der Waals surface area contributed by atoms with Crippen LogP contribution in [0, 0.1) is 12.3 Å². The van der Waals surface area contributed by atoms with Crippen LogP contribution >= 0.6 is 0 Å². The van der Waals surface area contributed by atoms with Crippen LogP contribution in [0.1, 0.15) is 26.2 Å². The van der Waals surface area contributed by atoms with Crippen molar-refractivity contribution in [3.05, 3.63) is 0 Å². The molecule has 0 aliphatic rings. The maximum Gasteiger partial charge on any atom is 0.150 e. The Bertz CT molecular complexity index is 146. The average Bonchev–Trinajstić information content (AvgIpc) is 1.98. The standard InChI is InChI=1S/C8H13NO/c1-3-5-6-8(10)7(9)4-2/h1,7H,4-6,9H2,2H3. The second kappa shape index (κ2) is 5.01. The van der Waals surface area contributed by atoms with E-state index in [0.717, 1.165) is 0 Å². The Morgan fingerprint density at radius 2 is 2.40 bits per heavy atom. The van der Waals surface area contributed by atoms with Crippen LogP contribution in [-0.4, -0.2) is 11.8 Å². The molecule has 0 aromatic rings. The average molecular weight is 139 g/mol. The molecule has 2 heteroatoms. The van der Waals surface area contributed by atoms with E-state index in [4.69, 9.17) is 12.2 Å². The minimum absolute atomic E-state index is 0.0699. The second-order valence-corrected chi connectivity index (χ2v) is 2.19. The molecule has 2 nitrogen and oxygen atoms in total. The predicted octanol–water partition coefficient (Wildman–Crippen LogP) is 0.706. The number of nitrogens with two attached hydrogens (primary N) is 1. The van der Waals surface area contributed by atoms with Crippen molar-refractivity contribution in [3.63, 3.8) is 0 Å². The Kier molecular flexibility index (Phi) is 4.61. The largest absolute Gasteiger partial charge is 0.322 e. The summed E-state index contributed by atoms with van der Waals surface area (Å²) in [6.45, 7) is 1.89. The zero-order valence-corrected chi connectivity index (χ0v) is 6.26. The quantitative estimate of drug-likeness (QED) is 0.583. The topological polar surface area (TPSA) is 43.1 Å². The van der Waals surface area contributed by atoms with Gasteiger partial charge in [-0.3, -0.25) is 4.79 Å². The highest BCUT2D eigenvalue weighted by atomic mass is 16.1. The van der Waals surface area contributed by atoms with Gasteiger partial charge in [-0.05, 0) is 6.42 Å². The molecule has 10 heavy (non-hydrogen) atoms. The summed E-state index contributed by atoms with van der Waals surface area (Å²) in [7, 11) is 0. The molecule has 0 aromatic carbocycles. The van der Waals surface area contributed by atoms with E-state index in [0.29, 0.717) is 19.3 Å². The molecule has 0 fully saturated rings. The smallest absolute Gasteiger partial charge is 0.150 e. The molecule has 0 aliphatic heterocycles. The van der Waals surface area contributed by atoms with Crippen LogP contribution in [0.25, 0.3) is 0 Å². The lowest BCUT2D eigenvalue weighted by Crippen LogP contribution is -2.29. The summed E-state index contributed by atoms with van der Waals surface area (Å²) in [4.78, 5) is 10.9. The predicted molar refractivity (Wildman–Crippen MR) is 41.3 cm³/mol. The van der Waals surface area contributed by atoms with Gasteiger partial charge in [0.2, 0.25) is 0 Å². The van der Waals surface area contributed by atoms with Gasteiger partial charge < -0.3 is 5.73 Å². The summed E-state index contributed by atoms with van der Waals surface area (Å²) in [5.41, 5.74) is 5.44. The Morgan fingerprint density at radius 1 is 1.80 bits per heavy atom. The van der Waals surface area contributed by atoms with Gasteiger partial charge in [-0.2, -0.15) is 0 Å². The Labute approximate surface area is 61.8 Å². The first-order valence-corrected chi connectivity index (χ1v) is 3.44. The third-order valence-electron chi connectivity index (χ3n) is 1.37. The minimum Gasteiger partial charge on any atom is -0.322 e. The number of hydrogen-bond donors (Lipinski definition) is 1. The molecule has 1 unspecified atom stereocenters. The van der Waals surface area contributed by atoms with Crippen molar-refractivity contribution < 1.29 is 4.79 Å². The minimum atomic E-state index is -0.312. The van der Waals surface area contributed by atoms with E-state index in [1.165, 1.54) is 0 Å². The molecular weight excluding hydrogens is 126 g/mol. The van der Waals surface area contributed by atoms with Crippen LogP contribution < -0.4 is 5.73 Å². The number of rotatable bonds is 4. The molecule has 0 rings (SSSR count). The summed E-state index contributed by atoms with van der Waals surface area (Å²) in [6.07, 6.45) is 6.60. The molecule has 0 bridgehead atoms. The molecule has 0 heterocycles. The summed E-state index contributed by atoms with van der Waals surface area (Å²) >= 11 is 0. The Hall–Kier alpha value is -0.810. The molecule has 0 aromatic heterocycles. The van der Waals surface area contributed by atoms with Gasteiger partial charge in [-0.15, -0.1) is 12.3 Å². The number of carbonyl (C=O) groups is 1. The molecular formula is C8H13NO. The van der Waals surface area contributed by atoms with Crippen molar-refractivity contribution in [2.24, 2.45) is 5.73 Å². The first kappa shape index (κ1) is 9.19. The summed E-state index contributed by atoms with van der Waals surface area (Å²) in [5.74, 6) is 2.47. The number of ketones is 1. The van der Waals surface area contributed by atoms with Crippen molar-refractivity contribution in [2.75, 3.05) is 0 Å². The lowest BCUT2D eigenvalue weighted by Gasteiger charge is -2.04. The fraction of sp³-hybridized carbons (Fsp3) is 0.625. The molecule has 0 radical (unpaired) electrons. The van der Waals surface area contributed by atoms with E-state index >= 15 is 0 Å². The highest BCUT2D eigenvalue weighted by Gasteiger charge is 2.08. The first-order chi connectivity index (χ1) is 4.72. The molecule has 0 amide bonds. The van der Waals surface area contributed by atoms with Gasteiger partial charge in [-0.1, -0.05) is 6.92 Å². The molecule has 2 N–H and O–H groups in total. The van der Waals surface area contributed by atoms with Crippen LogP contribution in [0.4, 0.5) is 0 Å². The molecule has 0 saturated heterocycles. The first-order valence-electron chi connectivity index (χ1n) is 3.44. The third-order valence-corrected chi connectivity index (χ3v) is 1.37. The van der Waals surface area contributed by atoms with Gasteiger partial charge in [0.25, 0.3) is 0 Å². The van der Waals surface area contributed by atoms with Gasteiger partial charge in [0.05, 0.1) is 6.04 Å². The van der Waals surface area contributed by atoms with Gasteiger partial charge in [0.1, 0.15) is 5.78 Å². The van der Waals surface area contributed by atoms with Crippen LogP contribution in [0.3, 0.4) is 0 Å². The monoisotopic (exact) mass is 139 g/mol. The molecule has 1 atom stereocenters. The van der Waals surface area contributed by atoms with Crippen LogP contribution in [0.2, 0.25) is 0 Å². The van der Waals surface area contributed by atoms with E-state index in [1.54, 1.807) is 0 Å². The maximum absolute atomic E-state index is 10.9. The molecule has 0 saturated carbocycles.